The highest BCUT2D eigenvalue weighted by molar-refractivity contribution is 7.94. The van der Waals surface area contributed by atoms with E-state index in [1.54, 1.807) is 41.5 Å². The third-order valence-electron chi connectivity index (χ3n) is 8.92. The van der Waals surface area contributed by atoms with Gasteiger partial charge in [-0.1, -0.05) is 12.1 Å². The van der Waals surface area contributed by atoms with Crippen molar-refractivity contribution in [3.8, 4) is 0 Å². The van der Waals surface area contributed by atoms with Crippen LogP contribution in [-0.4, -0.2) is 66.2 Å². The summed E-state index contributed by atoms with van der Waals surface area (Å²) in [6, 6.07) is 4.19. The molecule has 1 saturated carbocycles. The topological polar surface area (TPSA) is 144 Å². The number of carbonyl (C=O) groups is 2. The van der Waals surface area contributed by atoms with E-state index in [9.17, 15) is 18.0 Å². The highest BCUT2D eigenvalue weighted by atomic mass is 32.2. The summed E-state index contributed by atoms with van der Waals surface area (Å²) in [5, 5.41) is 0. The SMILES string of the molecule is CC(C)(C)OC(=O)C1(C(=O)OC(C)(C)C)CC[C@]12C(N)=NC(C)(c1cc(B3OC(C)(C)C(C)(C)O3)ccc1F)CS2(=O)=O. The Bertz CT molecular complexity index is 1450. The van der Waals surface area contributed by atoms with Crippen molar-refractivity contribution < 1.29 is 41.2 Å². The number of amidine groups is 1. The standard InChI is InChI=1S/C30H44BFN2O8S/c1-24(2,3)39-22(35)29(23(36)40-25(4,5)6)14-15-30(29)21(33)34-28(11,17-43(30,37)38)19-16-18(12-13-20(19)32)31-41-26(7,8)27(9,10)42-31/h12-13,16H,14-15,17H2,1-11H3,(H2,33,34)/t28?,30-/m0/s1. The summed E-state index contributed by atoms with van der Waals surface area (Å²) in [4.78, 5) is 32.2. The summed E-state index contributed by atoms with van der Waals surface area (Å²) in [6.07, 6.45) is -0.329. The van der Waals surface area contributed by atoms with Crippen molar-refractivity contribution in [2.24, 2.45) is 16.1 Å². The molecule has 43 heavy (non-hydrogen) atoms. The van der Waals surface area contributed by atoms with Crippen molar-refractivity contribution >= 4 is 40.2 Å². The van der Waals surface area contributed by atoms with Gasteiger partial charge in [0.1, 0.15) is 28.4 Å². The van der Waals surface area contributed by atoms with Gasteiger partial charge < -0.3 is 24.5 Å². The van der Waals surface area contributed by atoms with Gasteiger partial charge in [-0.15, -0.1) is 0 Å². The number of rotatable bonds is 4. The fourth-order valence-corrected chi connectivity index (χ4v) is 8.76. The number of halogens is 1. The molecule has 1 aliphatic carbocycles. The first kappa shape index (κ1) is 33.4. The van der Waals surface area contributed by atoms with Crippen LogP contribution in [0.3, 0.4) is 0 Å². The van der Waals surface area contributed by atoms with E-state index in [-0.39, 0.29) is 18.4 Å². The van der Waals surface area contributed by atoms with E-state index < -0.39 is 84.4 Å². The van der Waals surface area contributed by atoms with Crippen molar-refractivity contribution in [3.63, 3.8) is 0 Å². The lowest BCUT2D eigenvalue weighted by Gasteiger charge is -2.56. The maximum absolute atomic E-state index is 15.5. The number of hydrogen-bond acceptors (Lipinski definition) is 10. The van der Waals surface area contributed by atoms with Gasteiger partial charge in [-0.25, -0.2) is 12.8 Å². The molecular weight excluding hydrogens is 578 g/mol. The molecule has 2 fully saturated rings. The fourth-order valence-electron chi connectivity index (χ4n) is 5.98. The molecule has 4 rings (SSSR count). The average molecular weight is 623 g/mol. The van der Waals surface area contributed by atoms with Gasteiger partial charge in [0.15, 0.2) is 20.0 Å². The maximum atomic E-state index is 15.5. The second kappa shape index (κ2) is 9.75. The predicted octanol–water partition coefficient (Wildman–Crippen LogP) is 3.33. The lowest BCUT2D eigenvalue weighted by molar-refractivity contribution is -0.194. The number of ether oxygens (including phenoxy) is 2. The minimum Gasteiger partial charge on any atom is -0.459 e. The van der Waals surface area contributed by atoms with E-state index in [2.05, 4.69) is 4.99 Å². The quantitative estimate of drug-likeness (QED) is 0.304. The van der Waals surface area contributed by atoms with Gasteiger partial charge in [0.05, 0.1) is 17.0 Å². The second-order valence-corrected chi connectivity index (χ2v) is 17.3. The summed E-state index contributed by atoms with van der Waals surface area (Å²) < 4.78 is 65.6. The van der Waals surface area contributed by atoms with Crippen LogP contribution in [0.5, 0.6) is 0 Å². The van der Waals surface area contributed by atoms with Crippen molar-refractivity contribution in [1.29, 1.82) is 0 Å². The Morgan fingerprint density at radius 1 is 0.930 bits per heavy atom. The highest BCUT2D eigenvalue weighted by Gasteiger charge is 2.80. The van der Waals surface area contributed by atoms with Crippen LogP contribution in [0, 0.1) is 11.2 Å². The molecule has 2 heterocycles. The molecule has 1 spiro atoms. The number of nitrogens with two attached hydrogens (primary N) is 1. The summed E-state index contributed by atoms with van der Waals surface area (Å²) in [7, 11) is -5.31. The van der Waals surface area contributed by atoms with Crippen LogP contribution in [0.15, 0.2) is 23.2 Å². The number of aliphatic imine (C=N–C) groups is 1. The Kier molecular flexibility index (Phi) is 7.57. The Morgan fingerprint density at radius 3 is 1.81 bits per heavy atom. The average Bonchev–Trinajstić information content (AvgIpc) is 2.96. The molecule has 0 amide bonds. The van der Waals surface area contributed by atoms with Gasteiger partial charge in [-0.3, -0.25) is 14.6 Å². The molecule has 1 saturated heterocycles. The first-order valence-electron chi connectivity index (χ1n) is 14.4. The number of benzene rings is 1. The first-order chi connectivity index (χ1) is 19.2. The molecule has 1 aromatic rings. The monoisotopic (exact) mass is 622 g/mol. The molecule has 13 heteroatoms. The number of carbonyl (C=O) groups excluding carboxylic acids is 2. The Balaban J connectivity index is 1.85. The third kappa shape index (κ3) is 5.18. The first-order valence-corrected chi connectivity index (χ1v) is 16.1. The van der Waals surface area contributed by atoms with Crippen LogP contribution in [-0.2, 0) is 43.7 Å². The van der Waals surface area contributed by atoms with Crippen molar-refractivity contribution in [2.45, 2.75) is 122 Å². The predicted molar refractivity (Wildman–Crippen MR) is 161 cm³/mol. The van der Waals surface area contributed by atoms with Crippen LogP contribution in [0.1, 0.15) is 94.6 Å². The molecule has 2 atom stereocenters. The smallest absolute Gasteiger partial charge is 0.459 e. The Morgan fingerprint density at radius 2 is 1.42 bits per heavy atom. The molecule has 3 aliphatic rings. The summed E-state index contributed by atoms with van der Waals surface area (Å²) in [6.45, 7) is 18.7. The van der Waals surface area contributed by atoms with Crippen molar-refractivity contribution in [3.05, 3.63) is 29.6 Å². The minimum absolute atomic E-state index is 0.0412. The molecule has 10 nitrogen and oxygen atoms in total. The number of sulfone groups is 1. The van der Waals surface area contributed by atoms with Gasteiger partial charge in [0, 0.05) is 5.56 Å². The molecule has 1 aromatic carbocycles. The minimum atomic E-state index is -4.47. The Hall–Kier alpha value is -2.51. The van der Waals surface area contributed by atoms with Gasteiger partial charge in [-0.2, -0.15) is 0 Å². The largest absolute Gasteiger partial charge is 0.494 e. The number of nitrogens with zero attached hydrogens (tertiary/aromatic N) is 1. The fraction of sp³-hybridized carbons (Fsp3) is 0.700. The number of hydrogen-bond donors (Lipinski definition) is 1. The molecule has 2 aliphatic heterocycles. The van der Waals surface area contributed by atoms with E-state index in [1.807, 2.05) is 27.7 Å². The van der Waals surface area contributed by atoms with E-state index in [0.717, 1.165) is 0 Å². The second-order valence-electron chi connectivity index (χ2n) is 15.1. The van der Waals surface area contributed by atoms with Gasteiger partial charge >= 0.3 is 19.1 Å². The lowest BCUT2D eigenvalue weighted by Crippen LogP contribution is -2.77. The molecule has 1 unspecified atom stereocenters. The molecule has 0 radical (unpaired) electrons. The highest BCUT2D eigenvalue weighted by Crippen LogP contribution is 2.60. The van der Waals surface area contributed by atoms with Crippen molar-refractivity contribution in [2.75, 3.05) is 5.75 Å². The zero-order valence-electron chi connectivity index (χ0n) is 27.0. The summed E-state index contributed by atoms with van der Waals surface area (Å²) >= 11 is 0. The zero-order valence-corrected chi connectivity index (χ0v) is 27.8. The Labute approximate surface area is 254 Å². The molecule has 238 valence electrons. The van der Waals surface area contributed by atoms with Crippen LogP contribution >= 0.6 is 0 Å². The summed E-state index contributed by atoms with van der Waals surface area (Å²) in [5.74, 6) is -4.01. The van der Waals surface area contributed by atoms with E-state index in [4.69, 9.17) is 24.5 Å². The zero-order chi connectivity index (χ0) is 32.8. The van der Waals surface area contributed by atoms with Gasteiger partial charge in [0.2, 0.25) is 0 Å². The van der Waals surface area contributed by atoms with E-state index in [0.29, 0.717) is 5.46 Å². The van der Waals surface area contributed by atoms with Crippen molar-refractivity contribution in [1.82, 2.24) is 0 Å². The molecule has 0 bridgehead atoms. The van der Waals surface area contributed by atoms with E-state index >= 15 is 4.39 Å². The molecule has 0 aromatic heterocycles. The van der Waals surface area contributed by atoms with Gasteiger partial charge in [-0.05, 0) is 101 Å². The lowest BCUT2D eigenvalue weighted by atomic mass is 9.58. The van der Waals surface area contributed by atoms with E-state index in [1.165, 1.54) is 25.1 Å². The van der Waals surface area contributed by atoms with Crippen LogP contribution in [0.4, 0.5) is 4.39 Å². The molecular formula is C30H44BFN2O8S. The van der Waals surface area contributed by atoms with Gasteiger partial charge in [0.25, 0.3) is 0 Å². The summed E-state index contributed by atoms with van der Waals surface area (Å²) in [5.41, 5.74) is -0.438. The number of esters is 2. The normalized spacial score (nSPS) is 29.0. The van der Waals surface area contributed by atoms with Crippen LogP contribution in [0.25, 0.3) is 0 Å². The van der Waals surface area contributed by atoms with Crippen LogP contribution in [0.2, 0.25) is 0 Å². The maximum Gasteiger partial charge on any atom is 0.494 e. The third-order valence-corrected chi connectivity index (χ3v) is 11.7. The van der Waals surface area contributed by atoms with Crippen LogP contribution < -0.4 is 11.2 Å². The molecule has 2 N–H and O–H groups in total.